The third-order valence-corrected chi connectivity index (χ3v) is 4.26. The van der Waals surface area contributed by atoms with Gasteiger partial charge in [0, 0.05) is 24.6 Å². The highest BCUT2D eigenvalue weighted by Gasteiger charge is 2.39. The standard InChI is InChI=1S/C13H24N2O3/c1-13(9-16)6-2-5-11(13)15-12(17)14-8-10-4-3-7-18-10/h10-11,16H,2-9H2,1H3,(H2,14,15,17). The molecule has 2 amide bonds. The van der Waals surface area contributed by atoms with Crippen LogP contribution in [0, 0.1) is 5.41 Å². The van der Waals surface area contributed by atoms with Gasteiger partial charge in [-0.2, -0.15) is 0 Å². The normalized spacial score (nSPS) is 35.7. The number of rotatable bonds is 4. The Morgan fingerprint density at radius 3 is 2.94 bits per heavy atom. The van der Waals surface area contributed by atoms with Crippen LogP contribution < -0.4 is 10.6 Å². The summed E-state index contributed by atoms with van der Waals surface area (Å²) < 4.78 is 5.45. The number of ether oxygens (including phenoxy) is 1. The van der Waals surface area contributed by atoms with Crippen molar-refractivity contribution in [2.75, 3.05) is 19.8 Å². The molecule has 1 aliphatic carbocycles. The van der Waals surface area contributed by atoms with Gasteiger partial charge in [0.15, 0.2) is 0 Å². The monoisotopic (exact) mass is 256 g/mol. The highest BCUT2D eigenvalue weighted by Crippen LogP contribution is 2.37. The summed E-state index contributed by atoms with van der Waals surface area (Å²) in [6, 6.07) is -0.0657. The first kappa shape index (κ1) is 13.6. The molecule has 2 aliphatic rings. The van der Waals surface area contributed by atoms with Gasteiger partial charge in [-0.3, -0.25) is 0 Å². The molecule has 0 radical (unpaired) electrons. The van der Waals surface area contributed by atoms with Gasteiger partial charge >= 0.3 is 6.03 Å². The summed E-state index contributed by atoms with van der Waals surface area (Å²) >= 11 is 0. The third-order valence-electron chi connectivity index (χ3n) is 4.26. The van der Waals surface area contributed by atoms with Crippen LogP contribution in [0.4, 0.5) is 4.79 Å². The van der Waals surface area contributed by atoms with Gasteiger partial charge in [-0.15, -0.1) is 0 Å². The summed E-state index contributed by atoms with van der Waals surface area (Å²) in [5.41, 5.74) is -0.165. The molecule has 1 saturated carbocycles. The summed E-state index contributed by atoms with van der Waals surface area (Å²) in [5.74, 6) is 0. The van der Waals surface area contributed by atoms with E-state index in [0.29, 0.717) is 6.54 Å². The number of amides is 2. The lowest BCUT2D eigenvalue weighted by atomic mass is 9.86. The molecule has 2 fully saturated rings. The molecule has 0 bridgehead atoms. The van der Waals surface area contributed by atoms with Gasteiger partial charge < -0.3 is 20.5 Å². The van der Waals surface area contributed by atoms with Crippen LogP contribution in [0.5, 0.6) is 0 Å². The fourth-order valence-corrected chi connectivity index (χ4v) is 2.89. The molecule has 0 aromatic carbocycles. The number of aliphatic hydroxyl groups excluding tert-OH is 1. The Kier molecular flexibility index (Phi) is 4.45. The van der Waals surface area contributed by atoms with Gasteiger partial charge in [-0.05, 0) is 25.7 Å². The minimum Gasteiger partial charge on any atom is -0.396 e. The molecule has 104 valence electrons. The third kappa shape index (κ3) is 3.14. The van der Waals surface area contributed by atoms with Gasteiger partial charge in [0.2, 0.25) is 0 Å². The summed E-state index contributed by atoms with van der Waals surface area (Å²) in [5, 5.41) is 15.3. The summed E-state index contributed by atoms with van der Waals surface area (Å²) in [4.78, 5) is 11.8. The lowest BCUT2D eigenvalue weighted by Gasteiger charge is -2.30. The van der Waals surface area contributed by atoms with Crippen molar-refractivity contribution in [3.63, 3.8) is 0 Å². The molecule has 3 unspecified atom stereocenters. The zero-order valence-electron chi connectivity index (χ0n) is 11.1. The molecular weight excluding hydrogens is 232 g/mol. The Morgan fingerprint density at radius 1 is 1.44 bits per heavy atom. The molecule has 1 heterocycles. The second kappa shape index (κ2) is 5.89. The Bertz CT molecular complexity index is 292. The summed E-state index contributed by atoms with van der Waals surface area (Å²) in [6.07, 6.45) is 5.26. The van der Waals surface area contributed by atoms with E-state index in [0.717, 1.165) is 38.7 Å². The predicted molar refractivity (Wildman–Crippen MR) is 68.3 cm³/mol. The molecule has 1 aliphatic heterocycles. The van der Waals surface area contributed by atoms with Crippen LogP contribution in [0.25, 0.3) is 0 Å². The van der Waals surface area contributed by atoms with E-state index in [1.165, 1.54) is 0 Å². The zero-order chi connectivity index (χ0) is 13.0. The van der Waals surface area contributed by atoms with E-state index < -0.39 is 0 Å². The van der Waals surface area contributed by atoms with E-state index in [9.17, 15) is 9.90 Å². The van der Waals surface area contributed by atoms with E-state index in [1.54, 1.807) is 0 Å². The predicted octanol–water partition coefficient (Wildman–Crippen LogP) is 1.02. The largest absolute Gasteiger partial charge is 0.396 e. The number of hydrogen-bond acceptors (Lipinski definition) is 3. The van der Waals surface area contributed by atoms with Crippen molar-refractivity contribution in [1.82, 2.24) is 10.6 Å². The van der Waals surface area contributed by atoms with E-state index in [2.05, 4.69) is 10.6 Å². The Labute approximate surface area is 108 Å². The zero-order valence-corrected chi connectivity index (χ0v) is 11.1. The van der Waals surface area contributed by atoms with Gasteiger partial charge in [0.1, 0.15) is 0 Å². The van der Waals surface area contributed by atoms with Crippen LogP contribution in [0.1, 0.15) is 39.0 Å². The first-order valence-corrected chi connectivity index (χ1v) is 6.91. The van der Waals surface area contributed by atoms with Crippen LogP contribution in [-0.2, 0) is 4.74 Å². The van der Waals surface area contributed by atoms with Gasteiger partial charge in [0.25, 0.3) is 0 Å². The lowest BCUT2D eigenvalue weighted by molar-refractivity contribution is 0.108. The van der Waals surface area contributed by atoms with Crippen molar-refractivity contribution in [2.45, 2.75) is 51.2 Å². The summed E-state index contributed by atoms with van der Waals surface area (Å²) in [6.45, 7) is 3.54. The molecule has 18 heavy (non-hydrogen) atoms. The Balaban J connectivity index is 1.73. The molecule has 3 atom stereocenters. The Morgan fingerprint density at radius 2 is 2.28 bits per heavy atom. The molecular formula is C13H24N2O3. The molecule has 5 heteroatoms. The van der Waals surface area contributed by atoms with Gasteiger partial charge in [0.05, 0.1) is 12.7 Å². The molecule has 0 aromatic rings. The van der Waals surface area contributed by atoms with Gasteiger partial charge in [-0.25, -0.2) is 4.79 Å². The van der Waals surface area contributed by atoms with Crippen LogP contribution >= 0.6 is 0 Å². The molecule has 3 N–H and O–H groups in total. The van der Waals surface area contributed by atoms with Crippen molar-refractivity contribution in [2.24, 2.45) is 5.41 Å². The quantitative estimate of drug-likeness (QED) is 0.703. The number of nitrogens with one attached hydrogen (secondary N) is 2. The molecule has 0 aromatic heterocycles. The van der Waals surface area contributed by atoms with Crippen molar-refractivity contribution < 1.29 is 14.6 Å². The summed E-state index contributed by atoms with van der Waals surface area (Å²) in [7, 11) is 0. The fraction of sp³-hybridized carbons (Fsp3) is 0.923. The topological polar surface area (TPSA) is 70.6 Å². The maximum Gasteiger partial charge on any atom is 0.315 e. The average molecular weight is 256 g/mol. The smallest absolute Gasteiger partial charge is 0.315 e. The SMILES string of the molecule is CC1(CO)CCCC1NC(=O)NCC1CCCO1. The lowest BCUT2D eigenvalue weighted by Crippen LogP contribution is -2.49. The van der Waals surface area contributed by atoms with Crippen molar-refractivity contribution in [3.05, 3.63) is 0 Å². The van der Waals surface area contributed by atoms with E-state index >= 15 is 0 Å². The average Bonchev–Trinajstić information content (AvgIpc) is 2.98. The maximum atomic E-state index is 11.8. The van der Waals surface area contributed by atoms with Crippen molar-refractivity contribution >= 4 is 6.03 Å². The highest BCUT2D eigenvalue weighted by atomic mass is 16.5. The molecule has 0 spiro atoms. The van der Waals surface area contributed by atoms with Crippen LogP contribution in [0.15, 0.2) is 0 Å². The van der Waals surface area contributed by atoms with Crippen molar-refractivity contribution in [1.29, 1.82) is 0 Å². The van der Waals surface area contributed by atoms with E-state index in [1.807, 2.05) is 6.92 Å². The minimum absolute atomic E-state index is 0.0759. The fourth-order valence-electron chi connectivity index (χ4n) is 2.89. The number of aliphatic hydroxyl groups is 1. The second-order valence-electron chi connectivity index (χ2n) is 5.75. The molecule has 1 saturated heterocycles. The molecule has 5 nitrogen and oxygen atoms in total. The maximum absolute atomic E-state index is 11.8. The van der Waals surface area contributed by atoms with Gasteiger partial charge in [-0.1, -0.05) is 13.3 Å². The first-order chi connectivity index (χ1) is 8.64. The minimum atomic E-state index is -0.165. The first-order valence-electron chi connectivity index (χ1n) is 6.91. The second-order valence-corrected chi connectivity index (χ2v) is 5.75. The van der Waals surface area contributed by atoms with E-state index in [-0.39, 0.29) is 30.2 Å². The van der Waals surface area contributed by atoms with E-state index in [4.69, 9.17) is 4.74 Å². The number of carbonyl (C=O) groups excluding carboxylic acids is 1. The van der Waals surface area contributed by atoms with Crippen LogP contribution in [-0.4, -0.2) is 43.0 Å². The highest BCUT2D eigenvalue weighted by molar-refractivity contribution is 5.74. The number of hydrogen-bond donors (Lipinski definition) is 3. The van der Waals surface area contributed by atoms with Crippen LogP contribution in [0.3, 0.4) is 0 Å². The van der Waals surface area contributed by atoms with Crippen LogP contribution in [0.2, 0.25) is 0 Å². The van der Waals surface area contributed by atoms with Crippen molar-refractivity contribution in [3.8, 4) is 0 Å². The number of urea groups is 1. The number of carbonyl (C=O) groups is 1. The Hall–Kier alpha value is -0.810. The molecule has 2 rings (SSSR count).